The number of ketones is 1. The van der Waals surface area contributed by atoms with Crippen LogP contribution < -0.4 is 14.2 Å². The highest BCUT2D eigenvalue weighted by Crippen LogP contribution is 2.35. The van der Waals surface area contributed by atoms with Crippen LogP contribution in [0, 0.1) is 0 Å². The van der Waals surface area contributed by atoms with Gasteiger partial charge in [0.05, 0.1) is 34.0 Å². The summed E-state index contributed by atoms with van der Waals surface area (Å²) in [5, 5.41) is 1.97. The maximum atomic E-state index is 12.2. The van der Waals surface area contributed by atoms with Gasteiger partial charge in [0.1, 0.15) is 17.2 Å². The molecule has 0 fully saturated rings. The predicted octanol–water partition coefficient (Wildman–Crippen LogP) is 3.12. The molecule has 0 N–H and O–H groups in total. The van der Waals surface area contributed by atoms with Gasteiger partial charge < -0.3 is 18.9 Å². The van der Waals surface area contributed by atoms with Crippen molar-refractivity contribution < 1.29 is 32.2 Å². The molecule has 1 rings (SSSR count). The first-order chi connectivity index (χ1) is 12.8. The van der Waals surface area contributed by atoms with E-state index in [0.717, 1.165) is 10.8 Å². The van der Waals surface area contributed by atoms with Gasteiger partial charge in [-0.2, -0.15) is 0 Å². The molecule has 27 heavy (non-hydrogen) atoms. The van der Waals surface area contributed by atoms with Crippen LogP contribution in [0.3, 0.4) is 0 Å². The van der Waals surface area contributed by atoms with Crippen molar-refractivity contribution in [3.8, 4) is 17.2 Å². The fourth-order valence-corrected chi connectivity index (χ4v) is 2.97. The summed E-state index contributed by atoms with van der Waals surface area (Å²) in [7, 11) is 2.10. The van der Waals surface area contributed by atoms with Crippen LogP contribution in [0.15, 0.2) is 40.9 Å². The van der Waals surface area contributed by atoms with Crippen molar-refractivity contribution in [1.82, 2.24) is 0 Å². The summed E-state index contributed by atoms with van der Waals surface area (Å²) in [6, 6.07) is 3.24. The van der Waals surface area contributed by atoms with E-state index in [-0.39, 0.29) is 18.0 Å². The third kappa shape index (κ3) is 6.49. The van der Waals surface area contributed by atoms with Gasteiger partial charge in [0.25, 0.3) is 0 Å². The van der Waals surface area contributed by atoms with E-state index >= 15 is 0 Å². The summed E-state index contributed by atoms with van der Waals surface area (Å²) in [4.78, 5) is 11.8. The first kappa shape index (κ1) is 22.3. The Morgan fingerprint density at radius 1 is 1.00 bits per heavy atom. The van der Waals surface area contributed by atoms with Crippen molar-refractivity contribution in [2.45, 2.75) is 13.3 Å². The average Bonchev–Trinajstić information content (AvgIpc) is 2.66. The van der Waals surface area contributed by atoms with E-state index in [4.69, 9.17) is 18.9 Å². The average molecular weight is 396 g/mol. The molecule has 0 aliphatic heterocycles. The molecule has 0 heterocycles. The summed E-state index contributed by atoms with van der Waals surface area (Å²) in [5.74, 6) is 1.18. The number of allylic oxidation sites excluding steroid dienone is 3. The van der Waals surface area contributed by atoms with Gasteiger partial charge in [-0.05, 0) is 19.1 Å². The van der Waals surface area contributed by atoms with E-state index in [2.05, 4.69) is 0 Å². The van der Waals surface area contributed by atoms with E-state index in [9.17, 15) is 13.2 Å². The smallest absolute Gasteiger partial charge is 0.200 e. The number of ether oxygens (including phenoxy) is 4. The molecule has 0 aliphatic rings. The second-order valence-corrected chi connectivity index (χ2v) is 6.92. The van der Waals surface area contributed by atoms with E-state index in [1.165, 1.54) is 46.7 Å². The van der Waals surface area contributed by atoms with E-state index in [1.807, 2.05) is 0 Å². The first-order valence-corrected chi connectivity index (χ1v) is 9.56. The molecule has 0 unspecified atom stereocenters. The molecule has 0 atom stereocenters. The number of rotatable bonds is 10. The van der Waals surface area contributed by atoms with Gasteiger partial charge in [0.15, 0.2) is 15.6 Å². The quantitative estimate of drug-likeness (QED) is 0.443. The lowest BCUT2D eigenvalue weighted by molar-refractivity contribution is -0.117. The predicted molar refractivity (Wildman–Crippen MR) is 104 cm³/mol. The molecule has 0 amide bonds. The summed E-state index contributed by atoms with van der Waals surface area (Å²) in [5.41, 5.74) is 0.449. The third-order valence-electron chi connectivity index (χ3n) is 3.52. The molecular weight excluding hydrogens is 372 g/mol. The summed E-state index contributed by atoms with van der Waals surface area (Å²) < 4.78 is 44.9. The summed E-state index contributed by atoms with van der Waals surface area (Å²) in [6.07, 6.45) is 4.07. The van der Waals surface area contributed by atoms with Crippen molar-refractivity contribution in [2.24, 2.45) is 0 Å². The highest BCUT2D eigenvalue weighted by Gasteiger charge is 2.12. The molecule has 0 bridgehead atoms. The molecule has 1 aromatic rings. The standard InChI is InChI=1S/C19H24O7S/c1-6-17(24-3)16(20)8-7-10-27(21,22)11-9-15-18(25-4)12-14(23-2)13-19(15)26-5/h6-7,9-13H,8H2,1-5H3. The van der Waals surface area contributed by atoms with Gasteiger partial charge in [-0.25, -0.2) is 8.42 Å². The Balaban J connectivity index is 3.04. The van der Waals surface area contributed by atoms with Gasteiger partial charge in [-0.1, -0.05) is 6.08 Å². The minimum Gasteiger partial charge on any atom is -0.496 e. The molecule has 0 radical (unpaired) electrons. The van der Waals surface area contributed by atoms with Gasteiger partial charge in [-0.3, -0.25) is 4.79 Å². The van der Waals surface area contributed by atoms with E-state index < -0.39 is 9.84 Å². The van der Waals surface area contributed by atoms with E-state index in [0.29, 0.717) is 22.8 Å². The molecule has 0 saturated carbocycles. The molecule has 0 spiro atoms. The second-order valence-electron chi connectivity index (χ2n) is 5.19. The Morgan fingerprint density at radius 3 is 2.04 bits per heavy atom. The lowest BCUT2D eigenvalue weighted by Gasteiger charge is -2.12. The second kappa shape index (κ2) is 10.4. The number of benzene rings is 1. The number of methoxy groups -OCH3 is 4. The number of Topliss-reactive ketones (excluding diaryl/α,β-unsaturated/α-hetero) is 1. The Bertz CT molecular complexity index is 824. The van der Waals surface area contributed by atoms with Crippen LogP contribution in [0.1, 0.15) is 18.9 Å². The summed E-state index contributed by atoms with van der Waals surface area (Å²) >= 11 is 0. The Kier molecular flexibility index (Phi) is 8.61. The lowest BCUT2D eigenvalue weighted by Crippen LogP contribution is -2.02. The monoisotopic (exact) mass is 396 g/mol. The molecule has 0 aromatic heterocycles. The van der Waals surface area contributed by atoms with Crippen LogP contribution in [0.25, 0.3) is 6.08 Å². The SMILES string of the molecule is CC=C(OC)C(=O)CC=CS(=O)(=O)C=Cc1c(OC)cc(OC)cc1OC. The molecule has 0 aliphatic carbocycles. The van der Waals surface area contributed by atoms with Crippen LogP contribution in [0.2, 0.25) is 0 Å². The van der Waals surface area contributed by atoms with Gasteiger partial charge in [-0.15, -0.1) is 0 Å². The molecule has 7 nitrogen and oxygen atoms in total. The van der Waals surface area contributed by atoms with E-state index in [1.54, 1.807) is 19.1 Å². The van der Waals surface area contributed by atoms with Crippen LogP contribution >= 0.6 is 0 Å². The minimum absolute atomic E-state index is 0.0875. The number of carbonyl (C=O) groups is 1. The molecule has 1 aromatic carbocycles. The topological polar surface area (TPSA) is 88.1 Å². The van der Waals surface area contributed by atoms with Crippen molar-refractivity contribution in [1.29, 1.82) is 0 Å². The molecular formula is C19H24O7S. The highest BCUT2D eigenvalue weighted by atomic mass is 32.2. The zero-order chi connectivity index (χ0) is 20.4. The minimum atomic E-state index is -3.70. The molecule has 0 saturated heterocycles. The Labute approximate surface area is 159 Å². The van der Waals surface area contributed by atoms with Crippen molar-refractivity contribution in [2.75, 3.05) is 28.4 Å². The summed E-state index contributed by atoms with van der Waals surface area (Å²) in [6.45, 7) is 1.66. The molecule has 148 valence electrons. The number of carbonyl (C=O) groups excluding carboxylic acids is 1. The lowest BCUT2D eigenvalue weighted by atomic mass is 10.1. The van der Waals surface area contributed by atoms with Gasteiger partial charge in [0.2, 0.25) is 5.78 Å². The maximum Gasteiger partial charge on any atom is 0.200 e. The largest absolute Gasteiger partial charge is 0.496 e. The number of sulfone groups is 1. The van der Waals surface area contributed by atoms with Crippen LogP contribution in [0.4, 0.5) is 0 Å². The number of hydrogen-bond acceptors (Lipinski definition) is 7. The zero-order valence-corrected chi connectivity index (χ0v) is 16.8. The first-order valence-electron chi connectivity index (χ1n) is 7.95. The number of hydrogen-bond donors (Lipinski definition) is 0. The van der Waals surface area contributed by atoms with Gasteiger partial charge >= 0.3 is 0 Å². The normalized spacial score (nSPS) is 12.4. The van der Waals surface area contributed by atoms with Crippen molar-refractivity contribution >= 4 is 21.7 Å². The van der Waals surface area contributed by atoms with Crippen LogP contribution in [-0.2, 0) is 19.4 Å². The highest BCUT2D eigenvalue weighted by molar-refractivity contribution is 7.97. The fraction of sp³-hybridized carbons (Fsp3) is 0.316. The van der Waals surface area contributed by atoms with Crippen molar-refractivity contribution in [3.05, 3.63) is 46.4 Å². The van der Waals surface area contributed by atoms with Crippen LogP contribution in [0.5, 0.6) is 17.2 Å². The maximum absolute atomic E-state index is 12.2. The zero-order valence-electron chi connectivity index (χ0n) is 16.0. The van der Waals surface area contributed by atoms with Crippen LogP contribution in [-0.4, -0.2) is 42.6 Å². The van der Waals surface area contributed by atoms with Gasteiger partial charge in [0, 0.05) is 29.4 Å². The Hall–Kier alpha value is -2.74. The van der Waals surface area contributed by atoms with Crippen molar-refractivity contribution in [3.63, 3.8) is 0 Å². The third-order valence-corrected chi connectivity index (χ3v) is 4.61. The molecule has 8 heteroatoms. The Morgan fingerprint density at radius 2 is 1.59 bits per heavy atom. The fourth-order valence-electron chi connectivity index (χ4n) is 2.19.